The summed E-state index contributed by atoms with van der Waals surface area (Å²) in [5, 5.41) is 0. The van der Waals surface area contributed by atoms with Gasteiger partial charge in [0, 0.05) is 0 Å². The Hall–Kier alpha value is -1.56. The van der Waals surface area contributed by atoms with Gasteiger partial charge in [0.15, 0.2) is 0 Å². The van der Waals surface area contributed by atoms with Gasteiger partial charge >= 0.3 is 0 Å². The monoisotopic (exact) mass is 230 g/mol. The molecule has 0 unspecified atom stereocenters. The van der Waals surface area contributed by atoms with Crippen LogP contribution in [0.5, 0.6) is 0 Å². The van der Waals surface area contributed by atoms with Crippen molar-refractivity contribution < 1.29 is 0 Å². The summed E-state index contributed by atoms with van der Waals surface area (Å²) >= 11 is 0. The van der Waals surface area contributed by atoms with E-state index in [2.05, 4.69) is 48.5 Å². The minimum Gasteiger partial charge on any atom is -0.0776 e. The van der Waals surface area contributed by atoms with Gasteiger partial charge in [-0.2, -0.15) is 0 Å². The fourth-order valence-corrected chi connectivity index (χ4v) is 1.26. The van der Waals surface area contributed by atoms with E-state index in [1.165, 1.54) is 11.1 Å². The summed E-state index contributed by atoms with van der Waals surface area (Å²) < 4.78 is 0. The first kappa shape index (κ1) is 17.8. The molecule has 0 bridgehead atoms. The van der Waals surface area contributed by atoms with Gasteiger partial charge in [0.2, 0.25) is 0 Å². The van der Waals surface area contributed by atoms with Crippen LogP contribution < -0.4 is 0 Å². The maximum absolute atomic E-state index is 2.12. The zero-order chi connectivity index (χ0) is 12.2. The molecule has 0 aliphatic carbocycles. The Bertz CT molecular complexity index is 297. The molecule has 0 atom stereocenters. The SMILES string of the molecule is C.CC.CC.c1ccc(-c2ccccc2)cc1. The predicted octanol–water partition coefficient (Wildman–Crippen LogP) is 6.04. The summed E-state index contributed by atoms with van der Waals surface area (Å²) in [7, 11) is 0. The minimum atomic E-state index is 0. The van der Waals surface area contributed by atoms with Crippen molar-refractivity contribution in [1.29, 1.82) is 0 Å². The standard InChI is InChI=1S/C12H10.2C2H6.CH4/c1-3-7-11(8-4-1)12-9-5-2-6-10-12;2*1-2;/h1-10H;2*1-2H3;1H4. The van der Waals surface area contributed by atoms with Crippen molar-refractivity contribution in [2.45, 2.75) is 35.1 Å². The van der Waals surface area contributed by atoms with Gasteiger partial charge in [0.1, 0.15) is 0 Å². The highest BCUT2D eigenvalue weighted by Crippen LogP contribution is 2.17. The topological polar surface area (TPSA) is 0 Å². The highest BCUT2D eigenvalue weighted by Gasteiger charge is 1.91. The van der Waals surface area contributed by atoms with E-state index >= 15 is 0 Å². The summed E-state index contributed by atoms with van der Waals surface area (Å²) in [5.41, 5.74) is 2.55. The van der Waals surface area contributed by atoms with E-state index in [1.807, 2.05) is 39.8 Å². The summed E-state index contributed by atoms with van der Waals surface area (Å²) in [4.78, 5) is 0. The summed E-state index contributed by atoms with van der Waals surface area (Å²) in [5.74, 6) is 0. The van der Waals surface area contributed by atoms with E-state index in [0.29, 0.717) is 0 Å². The second-order valence-corrected chi connectivity index (χ2v) is 2.73. The Balaban J connectivity index is 0. The molecule has 94 valence electrons. The van der Waals surface area contributed by atoms with Crippen LogP contribution in [0.25, 0.3) is 11.1 Å². The molecule has 0 saturated heterocycles. The van der Waals surface area contributed by atoms with Crippen LogP contribution >= 0.6 is 0 Å². The Labute approximate surface area is 107 Å². The van der Waals surface area contributed by atoms with Crippen LogP contribution in [0.4, 0.5) is 0 Å². The molecule has 0 aliphatic rings. The van der Waals surface area contributed by atoms with Crippen LogP contribution in [-0.4, -0.2) is 0 Å². The maximum atomic E-state index is 2.12. The number of benzene rings is 2. The largest absolute Gasteiger partial charge is 0.0776 e. The molecule has 0 fully saturated rings. The Morgan fingerprint density at radius 1 is 0.471 bits per heavy atom. The minimum absolute atomic E-state index is 0. The van der Waals surface area contributed by atoms with Crippen LogP contribution in [0.15, 0.2) is 60.7 Å². The Kier molecular flexibility index (Phi) is 13.1. The second-order valence-electron chi connectivity index (χ2n) is 2.73. The molecule has 2 aromatic carbocycles. The van der Waals surface area contributed by atoms with E-state index in [9.17, 15) is 0 Å². The molecule has 0 amide bonds. The Morgan fingerprint density at radius 2 is 0.706 bits per heavy atom. The van der Waals surface area contributed by atoms with Crippen molar-refractivity contribution in [1.82, 2.24) is 0 Å². The van der Waals surface area contributed by atoms with Crippen molar-refractivity contribution in [3.63, 3.8) is 0 Å². The molecule has 0 nitrogen and oxygen atoms in total. The molecular weight excluding hydrogens is 204 g/mol. The molecule has 0 heterocycles. The number of rotatable bonds is 1. The quantitative estimate of drug-likeness (QED) is 0.560. The molecular formula is C17H26. The second kappa shape index (κ2) is 12.5. The van der Waals surface area contributed by atoms with Gasteiger partial charge in [-0.05, 0) is 11.1 Å². The molecule has 0 saturated carbocycles. The van der Waals surface area contributed by atoms with Crippen LogP contribution in [0.3, 0.4) is 0 Å². The zero-order valence-electron chi connectivity index (χ0n) is 10.8. The van der Waals surface area contributed by atoms with E-state index in [1.54, 1.807) is 0 Å². The molecule has 0 N–H and O–H groups in total. The van der Waals surface area contributed by atoms with Crippen molar-refractivity contribution >= 4 is 0 Å². The predicted molar refractivity (Wildman–Crippen MR) is 81.3 cm³/mol. The van der Waals surface area contributed by atoms with Crippen LogP contribution in [0.2, 0.25) is 0 Å². The van der Waals surface area contributed by atoms with Gasteiger partial charge < -0.3 is 0 Å². The molecule has 0 aromatic heterocycles. The molecule has 0 heteroatoms. The zero-order valence-corrected chi connectivity index (χ0v) is 10.8. The van der Waals surface area contributed by atoms with Gasteiger partial charge in [-0.25, -0.2) is 0 Å². The third kappa shape index (κ3) is 6.57. The molecule has 2 rings (SSSR count). The molecule has 0 radical (unpaired) electrons. The fourth-order valence-electron chi connectivity index (χ4n) is 1.26. The first-order chi connectivity index (χ1) is 7.97. The van der Waals surface area contributed by atoms with Gasteiger partial charge in [-0.15, -0.1) is 0 Å². The first-order valence-electron chi connectivity index (χ1n) is 6.07. The first-order valence-corrected chi connectivity index (χ1v) is 6.07. The lowest BCUT2D eigenvalue weighted by molar-refractivity contribution is 1.50. The number of hydrogen-bond acceptors (Lipinski definition) is 0. The van der Waals surface area contributed by atoms with Gasteiger partial charge in [-0.1, -0.05) is 95.8 Å². The highest BCUT2D eigenvalue weighted by atomic mass is 14.0. The van der Waals surface area contributed by atoms with Crippen LogP contribution in [0.1, 0.15) is 35.1 Å². The maximum Gasteiger partial charge on any atom is -0.0184 e. The normalized spacial score (nSPS) is 7.53. The molecule has 17 heavy (non-hydrogen) atoms. The van der Waals surface area contributed by atoms with E-state index in [0.717, 1.165) is 0 Å². The lowest BCUT2D eigenvalue weighted by atomic mass is 10.1. The average Bonchev–Trinajstić information content (AvgIpc) is 2.45. The van der Waals surface area contributed by atoms with E-state index in [-0.39, 0.29) is 7.43 Å². The Morgan fingerprint density at radius 3 is 0.941 bits per heavy atom. The third-order valence-electron chi connectivity index (χ3n) is 1.88. The van der Waals surface area contributed by atoms with Gasteiger partial charge in [0.25, 0.3) is 0 Å². The summed E-state index contributed by atoms with van der Waals surface area (Å²) in [6.07, 6.45) is 0. The lowest BCUT2D eigenvalue weighted by Crippen LogP contribution is -1.73. The summed E-state index contributed by atoms with van der Waals surface area (Å²) in [6.45, 7) is 8.00. The highest BCUT2D eigenvalue weighted by molar-refractivity contribution is 5.62. The lowest BCUT2D eigenvalue weighted by Gasteiger charge is -1.98. The van der Waals surface area contributed by atoms with E-state index < -0.39 is 0 Å². The van der Waals surface area contributed by atoms with Gasteiger partial charge in [0.05, 0.1) is 0 Å². The number of hydrogen-bond donors (Lipinski definition) is 0. The van der Waals surface area contributed by atoms with Crippen molar-refractivity contribution in [3.8, 4) is 11.1 Å². The fraction of sp³-hybridized carbons (Fsp3) is 0.294. The average molecular weight is 230 g/mol. The summed E-state index contributed by atoms with van der Waals surface area (Å²) in [6, 6.07) is 20.8. The van der Waals surface area contributed by atoms with Crippen LogP contribution in [-0.2, 0) is 0 Å². The van der Waals surface area contributed by atoms with Crippen molar-refractivity contribution in [2.75, 3.05) is 0 Å². The van der Waals surface area contributed by atoms with E-state index in [4.69, 9.17) is 0 Å². The van der Waals surface area contributed by atoms with Crippen LogP contribution in [0, 0.1) is 0 Å². The molecule has 0 spiro atoms. The molecule has 0 aliphatic heterocycles. The third-order valence-corrected chi connectivity index (χ3v) is 1.88. The molecule has 2 aromatic rings. The van der Waals surface area contributed by atoms with Crippen molar-refractivity contribution in [2.24, 2.45) is 0 Å². The van der Waals surface area contributed by atoms with Gasteiger partial charge in [-0.3, -0.25) is 0 Å². The van der Waals surface area contributed by atoms with Crippen molar-refractivity contribution in [3.05, 3.63) is 60.7 Å². The smallest absolute Gasteiger partial charge is 0.0184 e.